The van der Waals surface area contributed by atoms with Crippen molar-refractivity contribution < 1.29 is 8.78 Å². The van der Waals surface area contributed by atoms with E-state index in [1.54, 1.807) is 0 Å². The summed E-state index contributed by atoms with van der Waals surface area (Å²) in [5.74, 6) is -0.866. The first-order valence-corrected chi connectivity index (χ1v) is 8.73. The highest BCUT2D eigenvalue weighted by molar-refractivity contribution is 9.09. The molecule has 116 valence electrons. The van der Waals surface area contributed by atoms with Gasteiger partial charge in [-0.25, -0.2) is 8.78 Å². The van der Waals surface area contributed by atoms with Gasteiger partial charge in [-0.05, 0) is 60.4 Å². The van der Waals surface area contributed by atoms with Gasteiger partial charge in [0.05, 0.1) is 0 Å². The molecular formula is C18H16BrClF2. The number of halogens is 4. The third kappa shape index (κ3) is 3.36. The van der Waals surface area contributed by atoms with Gasteiger partial charge in [0.15, 0.2) is 0 Å². The minimum atomic E-state index is -0.726. The van der Waals surface area contributed by atoms with Crippen LogP contribution >= 0.6 is 27.5 Å². The molecule has 0 heterocycles. The summed E-state index contributed by atoms with van der Waals surface area (Å²) in [6.45, 7) is 0. The SMILES string of the molecule is Fc1cc(-c2ccc(C3CCC(Br)CC3)cc2)cc(F)c1Cl. The Balaban J connectivity index is 1.82. The lowest BCUT2D eigenvalue weighted by atomic mass is 9.83. The van der Waals surface area contributed by atoms with E-state index in [4.69, 9.17) is 11.6 Å². The topological polar surface area (TPSA) is 0 Å². The van der Waals surface area contributed by atoms with Crippen molar-refractivity contribution in [1.82, 2.24) is 0 Å². The molecule has 0 spiro atoms. The molecule has 0 radical (unpaired) electrons. The molecule has 0 nitrogen and oxygen atoms in total. The van der Waals surface area contributed by atoms with E-state index in [0.29, 0.717) is 16.3 Å². The lowest BCUT2D eigenvalue weighted by Crippen LogP contribution is -2.12. The molecule has 2 aromatic rings. The normalized spacial score (nSPS) is 21.8. The van der Waals surface area contributed by atoms with Crippen molar-refractivity contribution in [1.29, 1.82) is 0 Å². The van der Waals surface area contributed by atoms with Gasteiger partial charge in [0.1, 0.15) is 16.7 Å². The highest BCUT2D eigenvalue weighted by atomic mass is 79.9. The Hall–Kier alpha value is -0.930. The van der Waals surface area contributed by atoms with Gasteiger partial charge < -0.3 is 0 Å². The maximum absolute atomic E-state index is 13.6. The first kappa shape index (κ1) is 15.9. The Morgan fingerprint density at radius 1 is 0.864 bits per heavy atom. The molecule has 0 bridgehead atoms. The van der Waals surface area contributed by atoms with Crippen LogP contribution in [0.5, 0.6) is 0 Å². The largest absolute Gasteiger partial charge is 0.205 e. The fraction of sp³-hybridized carbons (Fsp3) is 0.333. The fourth-order valence-electron chi connectivity index (χ4n) is 3.06. The summed E-state index contributed by atoms with van der Waals surface area (Å²) >= 11 is 9.19. The van der Waals surface area contributed by atoms with Crippen LogP contribution in [-0.2, 0) is 0 Å². The average molecular weight is 386 g/mol. The van der Waals surface area contributed by atoms with Crippen molar-refractivity contribution in [3.05, 3.63) is 58.6 Å². The van der Waals surface area contributed by atoms with Crippen molar-refractivity contribution in [2.45, 2.75) is 36.4 Å². The van der Waals surface area contributed by atoms with Gasteiger partial charge in [-0.3, -0.25) is 0 Å². The molecule has 0 atom stereocenters. The first-order valence-electron chi connectivity index (χ1n) is 7.43. The minimum Gasteiger partial charge on any atom is -0.205 e. The Morgan fingerprint density at radius 3 is 1.95 bits per heavy atom. The lowest BCUT2D eigenvalue weighted by molar-refractivity contribution is 0.457. The molecule has 0 aliphatic heterocycles. The van der Waals surface area contributed by atoms with E-state index in [9.17, 15) is 8.78 Å². The van der Waals surface area contributed by atoms with Crippen molar-refractivity contribution >= 4 is 27.5 Å². The molecule has 1 aliphatic rings. The summed E-state index contributed by atoms with van der Waals surface area (Å²) < 4.78 is 27.1. The number of rotatable bonds is 2. The van der Waals surface area contributed by atoms with Gasteiger partial charge >= 0.3 is 0 Å². The zero-order chi connectivity index (χ0) is 15.7. The second-order valence-electron chi connectivity index (χ2n) is 5.82. The average Bonchev–Trinajstić information content (AvgIpc) is 2.53. The van der Waals surface area contributed by atoms with Crippen LogP contribution in [0.2, 0.25) is 5.02 Å². The molecular weight excluding hydrogens is 370 g/mol. The van der Waals surface area contributed by atoms with Crippen molar-refractivity contribution in [3.63, 3.8) is 0 Å². The van der Waals surface area contributed by atoms with E-state index < -0.39 is 16.7 Å². The molecule has 0 amide bonds. The number of benzene rings is 2. The van der Waals surface area contributed by atoms with Crippen molar-refractivity contribution in [3.8, 4) is 11.1 Å². The zero-order valence-corrected chi connectivity index (χ0v) is 14.3. The molecule has 0 aromatic heterocycles. The predicted molar refractivity (Wildman–Crippen MR) is 90.7 cm³/mol. The monoisotopic (exact) mass is 384 g/mol. The van der Waals surface area contributed by atoms with Crippen LogP contribution < -0.4 is 0 Å². The third-order valence-electron chi connectivity index (χ3n) is 4.36. The first-order chi connectivity index (χ1) is 10.5. The second-order valence-corrected chi connectivity index (χ2v) is 7.50. The maximum Gasteiger partial charge on any atom is 0.145 e. The van der Waals surface area contributed by atoms with Crippen LogP contribution in [0.3, 0.4) is 0 Å². The second kappa shape index (κ2) is 6.67. The van der Waals surface area contributed by atoms with Crippen LogP contribution in [0.1, 0.15) is 37.2 Å². The summed E-state index contributed by atoms with van der Waals surface area (Å²) in [4.78, 5) is 0.642. The quantitative estimate of drug-likeness (QED) is 0.398. The van der Waals surface area contributed by atoms with Gasteiger partial charge in [-0.15, -0.1) is 0 Å². The summed E-state index contributed by atoms with van der Waals surface area (Å²) in [5.41, 5.74) is 2.61. The molecule has 1 aliphatic carbocycles. The summed E-state index contributed by atoms with van der Waals surface area (Å²) in [6, 6.07) is 10.5. The zero-order valence-electron chi connectivity index (χ0n) is 12.0. The Morgan fingerprint density at radius 2 is 1.41 bits per heavy atom. The van der Waals surface area contributed by atoms with E-state index in [1.807, 2.05) is 12.1 Å². The molecule has 0 saturated heterocycles. The summed E-state index contributed by atoms with van der Waals surface area (Å²) in [6.07, 6.45) is 4.75. The van der Waals surface area contributed by atoms with Crippen LogP contribution in [0.15, 0.2) is 36.4 Å². The predicted octanol–water partition coefficient (Wildman–Crippen LogP) is 6.71. The smallest absolute Gasteiger partial charge is 0.145 e. The van der Waals surface area contributed by atoms with Crippen molar-refractivity contribution in [2.75, 3.05) is 0 Å². The standard InChI is InChI=1S/C18H16BrClF2/c19-15-7-5-12(6-8-15)11-1-3-13(4-2-11)14-9-16(21)18(20)17(22)10-14/h1-4,9-10,12,15H,5-8H2. The fourth-order valence-corrected chi connectivity index (χ4v) is 3.69. The Labute approximate surface area is 142 Å². The van der Waals surface area contributed by atoms with Gasteiger partial charge in [-0.2, -0.15) is 0 Å². The van der Waals surface area contributed by atoms with E-state index in [2.05, 4.69) is 28.1 Å². The van der Waals surface area contributed by atoms with E-state index in [-0.39, 0.29) is 0 Å². The van der Waals surface area contributed by atoms with Gasteiger partial charge in [0.25, 0.3) is 0 Å². The van der Waals surface area contributed by atoms with Crippen LogP contribution in [0, 0.1) is 11.6 Å². The highest BCUT2D eigenvalue weighted by Gasteiger charge is 2.20. The lowest BCUT2D eigenvalue weighted by Gasteiger charge is -2.25. The minimum absolute atomic E-state index is 0.452. The number of hydrogen-bond donors (Lipinski definition) is 0. The summed E-state index contributed by atoms with van der Waals surface area (Å²) in [7, 11) is 0. The number of alkyl halides is 1. The molecule has 3 rings (SSSR count). The van der Waals surface area contributed by atoms with E-state index in [0.717, 1.165) is 5.56 Å². The molecule has 22 heavy (non-hydrogen) atoms. The van der Waals surface area contributed by atoms with Crippen LogP contribution in [0.25, 0.3) is 11.1 Å². The maximum atomic E-state index is 13.6. The molecule has 1 saturated carbocycles. The third-order valence-corrected chi connectivity index (χ3v) is 5.63. The van der Waals surface area contributed by atoms with Gasteiger partial charge in [0, 0.05) is 4.83 Å². The van der Waals surface area contributed by atoms with Crippen LogP contribution in [-0.4, -0.2) is 4.83 Å². The van der Waals surface area contributed by atoms with E-state index >= 15 is 0 Å². The van der Waals surface area contributed by atoms with Gasteiger partial charge in [0.2, 0.25) is 0 Å². The highest BCUT2D eigenvalue weighted by Crippen LogP contribution is 2.36. The number of hydrogen-bond acceptors (Lipinski definition) is 0. The molecule has 2 aromatic carbocycles. The molecule has 4 heteroatoms. The Bertz CT molecular complexity index is 638. The van der Waals surface area contributed by atoms with Crippen LogP contribution in [0.4, 0.5) is 8.78 Å². The summed E-state index contributed by atoms with van der Waals surface area (Å²) in [5, 5.41) is -0.452. The Kier molecular flexibility index (Phi) is 4.84. The van der Waals surface area contributed by atoms with Gasteiger partial charge in [-0.1, -0.05) is 51.8 Å². The molecule has 1 fully saturated rings. The van der Waals surface area contributed by atoms with Crippen molar-refractivity contribution in [2.24, 2.45) is 0 Å². The van der Waals surface area contributed by atoms with E-state index in [1.165, 1.54) is 43.4 Å². The molecule has 0 unspecified atom stereocenters. The molecule has 0 N–H and O–H groups in total.